The van der Waals surface area contributed by atoms with Gasteiger partial charge in [-0.2, -0.15) is 0 Å². The summed E-state index contributed by atoms with van der Waals surface area (Å²) in [5.74, 6) is 6.72. The second-order valence-electron chi connectivity index (χ2n) is 11.9. The van der Waals surface area contributed by atoms with Crippen LogP contribution in [-0.4, -0.2) is 116 Å². The summed E-state index contributed by atoms with van der Waals surface area (Å²) >= 11 is 0. The first-order chi connectivity index (χ1) is 20.3. The highest BCUT2D eigenvalue weighted by Crippen LogP contribution is 2.33. The number of nitrogens with zero attached hydrogens (tertiary/aromatic N) is 6. The van der Waals surface area contributed by atoms with Gasteiger partial charge in [-0.15, -0.1) is 0 Å². The molecule has 5 atom stereocenters. The minimum atomic E-state index is -1.41. The maximum Gasteiger partial charge on any atom is 0.409 e. The van der Waals surface area contributed by atoms with E-state index in [4.69, 9.17) is 15.2 Å². The predicted molar refractivity (Wildman–Crippen MR) is 150 cm³/mol. The van der Waals surface area contributed by atoms with Crippen molar-refractivity contribution < 1.29 is 29.3 Å². The first-order valence-electron chi connectivity index (χ1n) is 14.7. The van der Waals surface area contributed by atoms with Crippen LogP contribution in [0.25, 0.3) is 11.2 Å². The smallest absolute Gasteiger partial charge is 0.409 e. The lowest BCUT2D eigenvalue weighted by Gasteiger charge is -2.30. The molecule has 2 amide bonds. The Morgan fingerprint density at radius 2 is 1.88 bits per heavy atom. The summed E-state index contributed by atoms with van der Waals surface area (Å²) in [5, 5.41) is 24.0. The third-order valence-electron chi connectivity index (χ3n) is 8.54. The fourth-order valence-corrected chi connectivity index (χ4v) is 5.83. The molecule has 0 aromatic carbocycles. The van der Waals surface area contributed by atoms with Crippen molar-refractivity contribution in [3.63, 3.8) is 0 Å². The zero-order chi connectivity index (χ0) is 29.4. The van der Waals surface area contributed by atoms with Gasteiger partial charge in [-0.3, -0.25) is 9.36 Å². The fourth-order valence-electron chi connectivity index (χ4n) is 5.83. The van der Waals surface area contributed by atoms with E-state index in [2.05, 4.69) is 44.1 Å². The molecule has 3 saturated heterocycles. The first kappa shape index (κ1) is 28.6. The minimum Gasteiger partial charge on any atom is -0.449 e. The number of anilines is 1. The number of hydrogen-bond donors (Lipinski definition) is 4. The number of carbonyl (C=O) groups is 2. The van der Waals surface area contributed by atoms with Gasteiger partial charge in [0.1, 0.15) is 17.7 Å². The van der Waals surface area contributed by atoms with Crippen molar-refractivity contribution in [2.45, 2.75) is 69.1 Å². The van der Waals surface area contributed by atoms with Crippen LogP contribution in [0.2, 0.25) is 0 Å². The molecule has 2 aromatic heterocycles. The normalized spacial score (nSPS) is 28.5. The quantitative estimate of drug-likeness (QED) is 0.333. The Morgan fingerprint density at radius 3 is 2.60 bits per heavy atom. The molecule has 5 N–H and O–H groups in total. The van der Waals surface area contributed by atoms with Crippen LogP contribution in [0.1, 0.15) is 50.6 Å². The van der Waals surface area contributed by atoms with Crippen molar-refractivity contribution >= 4 is 29.0 Å². The van der Waals surface area contributed by atoms with E-state index in [1.54, 1.807) is 4.90 Å². The Balaban J connectivity index is 1.05. The van der Waals surface area contributed by atoms with Crippen molar-refractivity contribution in [3.8, 4) is 11.8 Å². The van der Waals surface area contributed by atoms with Gasteiger partial charge in [0.2, 0.25) is 5.82 Å². The summed E-state index contributed by atoms with van der Waals surface area (Å²) in [7, 11) is 2.08. The summed E-state index contributed by atoms with van der Waals surface area (Å²) in [6.07, 6.45) is 1.18. The molecule has 3 aliphatic heterocycles. The number of fused-ring (bicyclic) bond motifs is 1. The maximum atomic E-state index is 12.5. The number of nitrogens with two attached hydrogens (primary N) is 1. The van der Waals surface area contributed by atoms with Crippen LogP contribution < -0.4 is 11.1 Å². The highest BCUT2D eigenvalue weighted by Gasteiger charge is 2.48. The predicted octanol–water partition coefficient (Wildman–Crippen LogP) is -0.152. The molecule has 14 nitrogen and oxygen atoms in total. The molecule has 42 heavy (non-hydrogen) atoms. The van der Waals surface area contributed by atoms with Gasteiger partial charge in [0, 0.05) is 38.0 Å². The van der Waals surface area contributed by atoms with E-state index in [1.807, 2.05) is 0 Å². The lowest BCUT2D eigenvalue weighted by atomic mass is 9.94. The largest absolute Gasteiger partial charge is 0.449 e. The van der Waals surface area contributed by atoms with Crippen molar-refractivity contribution in [1.29, 1.82) is 0 Å². The van der Waals surface area contributed by atoms with E-state index in [1.165, 1.54) is 10.9 Å². The number of aliphatic hydroxyl groups is 2. The molecular formula is C28H38N8O6. The topological polar surface area (TPSA) is 181 Å². The Kier molecular flexibility index (Phi) is 8.17. The number of nitrogen functional groups attached to an aromatic ring is 1. The van der Waals surface area contributed by atoms with Crippen LogP contribution in [0.15, 0.2) is 6.33 Å². The number of piperidine rings is 1. The first-order valence-corrected chi connectivity index (χ1v) is 14.7. The number of imidazole rings is 1. The molecule has 4 aliphatic rings. The molecule has 0 bridgehead atoms. The van der Waals surface area contributed by atoms with E-state index in [9.17, 15) is 19.8 Å². The van der Waals surface area contributed by atoms with E-state index in [0.717, 1.165) is 45.2 Å². The molecular weight excluding hydrogens is 544 g/mol. The number of ether oxygens (including phenoxy) is 2. The SMILES string of the molecule is CN1CCC(COC(=O)N2CCC(CC#Cc3nc(N)c4ncn([C@@H]5O[C@H](C(=O)NC6CC6)C(O)[C@@H]5O)c4n3)CC2)C1. The average Bonchev–Trinajstić information content (AvgIpc) is 3.39. The lowest BCUT2D eigenvalue weighted by Crippen LogP contribution is -2.43. The second-order valence-corrected chi connectivity index (χ2v) is 11.9. The number of likely N-dealkylation sites (tertiary alicyclic amines) is 2. The van der Waals surface area contributed by atoms with Crippen LogP contribution in [-0.2, 0) is 14.3 Å². The molecule has 2 unspecified atom stereocenters. The Labute approximate surface area is 243 Å². The van der Waals surface area contributed by atoms with Gasteiger partial charge in [-0.25, -0.2) is 19.7 Å². The van der Waals surface area contributed by atoms with Gasteiger partial charge in [0.05, 0.1) is 12.9 Å². The van der Waals surface area contributed by atoms with Crippen molar-refractivity contribution in [2.75, 3.05) is 45.6 Å². The molecule has 1 saturated carbocycles. The molecule has 6 rings (SSSR count). The van der Waals surface area contributed by atoms with Gasteiger partial charge in [-0.1, -0.05) is 5.92 Å². The molecule has 0 radical (unpaired) electrons. The summed E-state index contributed by atoms with van der Waals surface area (Å²) in [6.45, 7) is 3.77. The number of aliphatic hydroxyl groups excluding tert-OH is 2. The number of nitrogens with one attached hydrogen (secondary N) is 1. The van der Waals surface area contributed by atoms with E-state index in [0.29, 0.717) is 43.5 Å². The Hall–Kier alpha value is -3.51. The molecule has 5 heterocycles. The fraction of sp³-hybridized carbons (Fsp3) is 0.679. The molecule has 2 aromatic rings. The Bertz CT molecular complexity index is 1380. The summed E-state index contributed by atoms with van der Waals surface area (Å²) < 4.78 is 12.8. The average molecular weight is 583 g/mol. The molecule has 1 aliphatic carbocycles. The monoisotopic (exact) mass is 582 g/mol. The third-order valence-corrected chi connectivity index (χ3v) is 8.54. The minimum absolute atomic E-state index is 0.0882. The van der Waals surface area contributed by atoms with E-state index < -0.39 is 30.4 Å². The highest BCUT2D eigenvalue weighted by atomic mass is 16.6. The zero-order valence-corrected chi connectivity index (χ0v) is 23.7. The van der Waals surface area contributed by atoms with Crippen LogP contribution in [0.3, 0.4) is 0 Å². The highest BCUT2D eigenvalue weighted by molar-refractivity contribution is 5.83. The Morgan fingerprint density at radius 1 is 1.12 bits per heavy atom. The van der Waals surface area contributed by atoms with Crippen molar-refractivity contribution in [3.05, 3.63) is 12.2 Å². The number of carbonyl (C=O) groups excluding carboxylic acids is 2. The molecule has 4 fully saturated rings. The van der Waals surface area contributed by atoms with Crippen molar-refractivity contribution in [1.82, 2.24) is 34.6 Å². The summed E-state index contributed by atoms with van der Waals surface area (Å²) in [6, 6.07) is 0.0882. The van der Waals surface area contributed by atoms with Crippen LogP contribution in [0.4, 0.5) is 10.6 Å². The van der Waals surface area contributed by atoms with Crippen LogP contribution in [0.5, 0.6) is 0 Å². The molecule has 0 spiro atoms. The van der Waals surface area contributed by atoms with Gasteiger partial charge in [-0.05, 0) is 57.5 Å². The van der Waals surface area contributed by atoms with Gasteiger partial charge in [0.15, 0.2) is 23.8 Å². The summed E-state index contributed by atoms with van der Waals surface area (Å²) in [4.78, 5) is 42.0. The summed E-state index contributed by atoms with van der Waals surface area (Å²) in [5.41, 5.74) is 6.72. The number of aromatic nitrogens is 4. The molecule has 226 valence electrons. The number of hydrogen-bond acceptors (Lipinski definition) is 11. The van der Waals surface area contributed by atoms with Gasteiger partial charge in [0.25, 0.3) is 5.91 Å². The molecule has 14 heteroatoms. The van der Waals surface area contributed by atoms with Crippen LogP contribution in [0, 0.1) is 23.7 Å². The maximum absolute atomic E-state index is 12.5. The number of rotatable bonds is 6. The van der Waals surface area contributed by atoms with Gasteiger partial charge < -0.3 is 40.5 Å². The second kappa shape index (κ2) is 12.0. The lowest BCUT2D eigenvalue weighted by molar-refractivity contribution is -0.137. The number of amides is 2. The van der Waals surface area contributed by atoms with Crippen molar-refractivity contribution in [2.24, 2.45) is 11.8 Å². The zero-order valence-electron chi connectivity index (χ0n) is 23.7. The van der Waals surface area contributed by atoms with E-state index in [-0.39, 0.29) is 29.4 Å². The van der Waals surface area contributed by atoms with E-state index >= 15 is 0 Å². The third kappa shape index (κ3) is 6.14. The van der Waals surface area contributed by atoms with Gasteiger partial charge >= 0.3 is 6.09 Å². The standard InChI is InChI=1S/C28H38N8O6/c1-34-10-7-17(13-34)14-41-28(40)35-11-8-16(9-12-35)3-2-4-19-32-24(29)20-25(33-19)36(15-30-20)27-22(38)21(37)23(42-27)26(39)31-18-5-6-18/h15-18,21-23,27,37-38H,3,5-14H2,1H3,(H,31,39)(H2,29,32,33)/t17?,21?,22-,23-,27+/m0/s1. The van der Waals surface area contributed by atoms with Crippen LogP contribution >= 0.6 is 0 Å².